The maximum absolute atomic E-state index is 12.9. The van der Waals surface area contributed by atoms with Crippen LogP contribution in [0.1, 0.15) is 45.4 Å². The molecule has 0 N–H and O–H groups in total. The molecule has 1 aromatic heterocycles. The topological polar surface area (TPSA) is 55.2 Å². The van der Waals surface area contributed by atoms with E-state index in [-0.39, 0.29) is 11.7 Å². The lowest BCUT2D eigenvalue weighted by atomic mass is 9.98. The van der Waals surface area contributed by atoms with Crippen molar-refractivity contribution in [2.45, 2.75) is 32.9 Å². The summed E-state index contributed by atoms with van der Waals surface area (Å²) in [6.45, 7) is 3.35. The average Bonchev–Trinajstić information content (AvgIpc) is 3.33. The maximum Gasteiger partial charge on any atom is 0.254 e. The second-order valence-corrected chi connectivity index (χ2v) is 7.17. The lowest BCUT2D eigenvalue weighted by molar-refractivity contribution is 0.0780. The molecule has 28 heavy (non-hydrogen) atoms. The summed E-state index contributed by atoms with van der Waals surface area (Å²) in [4.78, 5) is 30.8. The largest absolute Gasteiger partial charge is 0.334 e. The van der Waals surface area contributed by atoms with Gasteiger partial charge in [-0.2, -0.15) is 0 Å². The summed E-state index contributed by atoms with van der Waals surface area (Å²) in [5, 5.41) is 0. The highest BCUT2D eigenvalue weighted by atomic mass is 16.2. The van der Waals surface area contributed by atoms with E-state index in [4.69, 9.17) is 0 Å². The molecule has 0 spiro atoms. The van der Waals surface area contributed by atoms with Crippen molar-refractivity contribution in [1.29, 1.82) is 0 Å². The fourth-order valence-corrected chi connectivity index (χ4v) is 3.75. The molecule has 5 nitrogen and oxygen atoms in total. The van der Waals surface area contributed by atoms with Crippen LogP contribution in [0.25, 0.3) is 11.1 Å². The molecule has 0 aliphatic heterocycles. The molecule has 0 unspecified atom stereocenters. The molecular weight excluding hydrogens is 350 g/mol. The van der Waals surface area contributed by atoms with E-state index in [0.29, 0.717) is 18.5 Å². The Hall–Kier alpha value is -3.21. The van der Waals surface area contributed by atoms with Crippen LogP contribution < -0.4 is 0 Å². The van der Waals surface area contributed by atoms with Crippen molar-refractivity contribution in [2.24, 2.45) is 0 Å². The third-order valence-corrected chi connectivity index (χ3v) is 5.34. The Morgan fingerprint density at radius 2 is 1.96 bits per heavy atom. The van der Waals surface area contributed by atoms with Gasteiger partial charge in [-0.15, -0.1) is 0 Å². The highest BCUT2D eigenvalue weighted by molar-refractivity contribution is 6.01. The van der Waals surface area contributed by atoms with E-state index in [1.165, 1.54) is 0 Å². The fraction of sp³-hybridized carbons (Fsp3) is 0.261. The minimum Gasteiger partial charge on any atom is -0.334 e. The number of ketones is 1. The molecule has 3 aromatic rings. The monoisotopic (exact) mass is 373 g/mol. The number of hydrogen-bond acceptors (Lipinski definition) is 3. The summed E-state index contributed by atoms with van der Waals surface area (Å²) in [6, 6.07) is 13.6. The molecule has 0 bridgehead atoms. The Morgan fingerprint density at radius 1 is 1.14 bits per heavy atom. The molecule has 4 rings (SSSR count). The highest BCUT2D eigenvalue weighted by Crippen LogP contribution is 2.28. The van der Waals surface area contributed by atoms with Crippen LogP contribution in [0.4, 0.5) is 0 Å². The number of carbonyl (C=O) groups is 2. The van der Waals surface area contributed by atoms with E-state index in [0.717, 1.165) is 41.0 Å². The van der Waals surface area contributed by atoms with Crippen molar-refractivity contribution in [1.82, 2.24) is 14.5 Å². The molecule has 0 radical (unpaired) electrons. The molecule has 1 heterocycles. The van der Waals surface area contributed by atoms with Gasteiger partial charge in [-0.3, -0.25) is 9.59 Å². The summed E-state index contributed by atoms with van der Waals surface area (Å²) < 4.78 is 2.03. The molecule has 5 heteroatoms. The molecular formula is C23H23N3O2. The number of fused-ring (bicyclic) bond motifs is 1. The number of benzene rings is 2. The smallest absolute Gasteiger partial charge is 0.254 e. The van der Waals surface area contributed by atoms with Gasteiger partial charge in [-0.25, -0.2) is 4.98 Å². The summed E-state index contributed by atoms with van der Waals surface area (Å²) in [7, 11) is 1.80. The Morgan fingerprint density at radius 3 is 2.79 bits per heavy atom. The van der Waals surface area contributed by atoms with Crippen molar-refractivity contribution in [3.8, 4) is 11.1 Å². The van der Waals surface area contributed by atoms with Gasteiger partial charge in [0.15, 0.2) is 5.78 Å². The number of hydrogen-bond donors (Lipinski definition) is 0. The van der Waals surface area contributed by atoms with Gasteiger partial charge < -0.3 is 9.47 Å². The van der Waals surface area contributed by atoms with Crippen molar-refractivity contribution in [3.05, 3.63) is 77.4 Å². The number of carbonyl (C=O) groups excluding carboxylic acids is 2. The SMILES string of the molecule is CCn1ccnc1CN(C)C(=O)c1cccc(-c2ccc3c(c2)CCC3=O)c1. The predicted molar refractivity (Wildman–Crippen MR) is 108 cm³/mol. The van der Waals surface area contributed by atoms with Crippen LogP contribution in [0, 0.1) is 0 Å². The van der Waals surface area contributed by atoms with Crippen molar-refractivity contribution in [2.75, 3.05) is 7.05 Å². The molecule has 0 saturated heterocycles. The third-order valence-electron chi connectivity index (χ3n) is 5.34. The van der Waals surface area contributed by atoms with Crippen LogP contribution in [0.5, 0.6) is 0 Å². The Bertz CT molecular complexity index is 1050. The third kappa shape index (κ3) is 3.36. The van der Waals surface area contributed by atoms with Crippen molar-refractivity contribution < 1.29 is 9.59 Å². The van der Waals surface area contributed by atoms with Gasteiger partial charge >= 0.3 is 0 Å². The molecule has 0 fully saturated rings. The second kappa shape index (κ2) is 7.43. The number of aryl methyl sites for hydroxylation is 2. The predicted octanol–water partition coefficient (Wildman–Crippen LogP) is 3.97. The summed E-state index contributed by atoms with van der Waals surface area (Å²) in [5.41, 5.74) is 4.60. The first-order chi connectivity index (χ1) is 13.6. The zero-order valence-electron chi connectivity index (χ0n) is 16.2. The Labute approximate surface area is 164 Å². The van der Waals surface area contributed by atoms with E-state index in [9.17, 15) is 9.59 Å². The zero-order chi connectivity index (χ0) is 19.7. The van der Waals surface area contributed by atoms with Gasteiger partial charge in [0, 0.05) is 43.5 Å². The lowest BCUT2D eigenvalue weighted by Gasteiger charge is -2.18. The van der Waals surface area contributed by atoms with Gasteiger partial charge in [-0.05, 0) is 42.2 Å². The molecule has 0 saturated carbocycles. The maximum atomic E-state index is 12.9. The quantitative estimate of drug-likeness (QED) is 0.680. The van der Waals surface area contributed by atoms with Gasteiger partial charge in [0.05, 0.1) is 6.54 Å². The standard InChI is InChI=1S/C23H23N3O2/c1-3-26-12-11-24-22(26)15-25(2)23(28)19-6-4-5-16(14-19)17-7-9-20-18(13-17)8-10-21(20)27/h4-7,9,11-14H,3,8,10,15H2,1-2H3. The molecule has 1 aliphatic carbocycles. The first kappa shape index (κ1) is 18.2. The first-order valence-corrected chi connectivity index (χ1v) is 9.59. The highest BCUT2D eigenvalue weighted by Gasteiger charge is 2.20. The number of Topliss-reactive ketones (excluding diaryl/α,β-unsaturated/α-hetero) is 1. The van der Waals surface area contributed by atoms with E-state index >= 15 is 0 Å². The van der Waals surface area contributed by atoms with E-state index in [2.05, 4.69) is 18.0 Å². The number of aromatic nitrogens is 2. The number of nitrogens with zero attached hydrogens (tertiary/aromatic N) is 3. The number of amides is 1. The van der Waals surface area contributed by atoms with E-state index < -0.39 is 0 Å². The van der Waals surface area contributed by atoms with Crippen LogP contribution in [0.2, 0.25) is 0 Å². The Balaban J connectivity index is 1.56. The summed E-state index contributed by atoms with van der Waals surface area (Å²) in [6.07, 6.45) is 5.08. The van der Waals surface area contributed by atoms with Crippen LogP contribution in [-0.2, 0) is 19.5 Å². The minimum atomic E-state index is -0.0381. The molecule has 2 aromatic carbocycles. The van der Waals surface area contributed by atoms with Gasteiger partial charge in [0.25, 0.3) is 5.91 Å². The Kier molecular flexibility index (Phi) is 4.82. The molecule has 1 aliphatic rings. The van der Waals surface area contributed by atoms with E-state index in [1.807, 2.05) is 47.2 Å². The van der Waals surface area contributed by atoms with E-state index in [1.54, 1.807) is 18.1 Å². The first-order valence-electron chi connectivity index (χ1n) is 9.59. The normalized spacial score (nSPS) is 12.9. The van der Waals surface area contributed by atoms with Gasteiger partial charge in [0.2, 0.25) is 0 Å². The van der Waals surface area contributed by atoms with Gasteiger partial charge in [0.1, 0.15) is 5.82 Å². The summed E-state index contributed by atoms with van der Waals surface area (Å²) >= 11 is 0. The fourth-order valence-electron chi connectivity index (χ4n) is 3.75. The van der Waals surface area contributed by atoms with Crippen molar-refractivity contribution in [3.63, 3.8) is 0 Å². The van der Waals surface area contributed by atoms with Crippen LogP contribution in [0.3, 0.4) is 0 Å². The molecule has 142 valence electrons. The minimum absolute atomic E-state index is 0.0381. The molecule has 1 amide bonds. The van der Waals surface area contributed by atoms with Crippen LogP contribution in [-0.4, -0.2) is 33.2 Å². The zero-order valence-corrected chi connectivity index (χ0v) is 16.2. The van der Waals surface area contributed by atoms with Crippen LogP contribution in [0.15, 0.2) is 54.9 Å². The number of imidazole rings is 1. The second-order valence-electron chi connectivity index (χ2n) is 7.17. The summed E-state index contributed by atoms with van der Waals surface area (Å²) in [5.74, 6) is 1.05. The number of rotatable bonds is 5. The van der Waals surface area contributed by atoms with Crippen molar-refractivity contribution >= 4 is 11.7 Å². The van der Waals surface area contributed by atoms with Crippen LogP contribution >= 0.6 is 0 Å². The molecule has 0 atom stereocenters. The lowest BCUT2D eigenvalue weighted by Crippen LogP contribution is -2.27. The van der Waals surface area contributed by atoms with Gasteiger partial charge in [-0.1, -0.05) is 30.3 Å². The average molecular weight is 373 g/mol.